The van der Waals surface area contributed by atoms with Gasteiger partial charge < -0.3 is 5.11 Å². The second-order valence-corrected chi connectivity index (χ2v) is 12.0. The smallest absolute Gasteiger partial charge is 0.132 e. The van der Waals surface area contributed by atoms with Gasteiger partial charge in [-0.15, -0.1) is 0 Å². The number of aliphatic hydroxyl groups is 1. The van der Waals surface area contributed by atoms with Crippen molar-refractivity contribution >= 4 is 5.78 Å². The third kappa shape index (κ3) is 33.4. The lowest BCUT2D eigenvalue weighted by Crippen LogP contribution is -1.97. The number of aliphatic hydroxyl groups excluding tert-OH is 1. The summed E-state index contributed by atoms with van der Waals surface area (Å²) in [5.41, 5.74) is 0. The molecule has 0 saturated heterocycles. The molecule has 38 heavy (non-hydrogen) atoms. The highest BCUT2D eigenvalue weighted by Crippen LogP contribution is 2.15. The van der Waals surface area contributed by atoms with Crippen LogP contribution in [-0.2, 0) is 4.79 Å². The standard InChI is InChI=1S/C36H70O2/c1-2-3-4-5-6-7-8-9-12-15-18-21-24-27-30-33-36(38)34-31-28-25-22-19-16-13-10-11-14-17-20-23-26-29-32-35-37/h10-11,37H,2-9,12-35H2,1H3/b11-10-. The highest BCUT2D eigenvalue weighted by atomic mass is 16.2. The predicted octanol–water partition coefficient (Wildman–Crippen LogP) is 12.2. The molecule has 0 radical (unpaired) electrons. The van der Waals surface area contributed by atoms with Crippen molar-refractivity contribution in [3.05, 3.63) is 12.2 Å². The van der Waals surface area contributed by atoms with Crippen LogP contribution in [0.4, 0.5) is 0 Å². The summed E-state index contributed by atoms with van der Waals surface area (Å²) in [6.07, 6.45) is 44.6. The van der Waals surface area contributed by atoms with Gasteiger partial charge in [0.2, 0.25) is 0 Å². The molecular formula is C36H70O2. The fourth-order valence-electron chi connectivity index (χ4n) is 5.43. The Hall–Kier alpha value is -0.630. The minimum atomic E-state index is 0.349. The van der Waals surface area contributed by atoms with E-state index < -0.39 is 0 Å². The maximum absolute atomic E-state index is 12.1. The fourth-order valence-corrected chi connectivity index (χ4v) is 5.43. The number of Topliss-reactive ketones (excluding diaryl/α,β-unsaturated/α-hetero) is 1. The quantitative estimate of drug-likeness (QED) is 0.0671. The summed E-state index contributed by atoms with van der Waals surface area (Å²) in [6, 6.07) is 0. The van der Waals surface area contributed by atoms with Crippen molar-refractivity contribution in [1.29, 1.82) is 0 Å². The van der Waals surface area contributed by atoms with E-state index in [1.807, 2.05) is 0 Å². The van der Waals surface area contributed by atoms with Crippen molar-refractivity contribution in [2.24, 2.45) is 0 Å². The SMILES string of the molecule is CCCCCCCCCCCCCCCCCC(=O)CCCCCCCC/C=C\CCCCCCCCO. The molecule has 0 saturated carbocycles. The number of carbonyl (C=O) groups excluding carboxylic acids is 1. The Morgan fingerprint density at radius 1 is 0.421 bits per heavy atom. The number of ketones is 1. The highest BCUT2D eigenvalue weighted by molar-refractivity contribution is 5.78. The van der Waals surface area contributed by atoms with Crippen molar-refractivity contribution in [1.82, 2.24) is 0 Å². The van der Waals surface area contributed by atoms with E-state index in [0.717, 1.165) is 32.1 Å². The molecular weight excluding hydrogens is 464 g/mol. The van der Waals surface area contributed by atoms with Crippen LogP contribution in [0.25, 0.3) is 0 Å². The van der Waals surface area contributed by atoms with Crippen LogP contribution in [0.1, 0.15) is 206 Å². The molecule has 0 fully saturated rings. The van der Waals surface area contributed by atoms with E-state index in [1.54, 1.807) is 0 Å². The van der Waals surface area contributed by atoms with E-state index in [0.29, 0.717) is 12.4 Å². The molecule has 0 spiro atoms. The van der Waals surface area contributed by atoms with Gasteiger partial charge in [-0.1, -0.05) is 160 Å². The monoisotopic (exact) mass is 535 g/mol. The van der Waals surface area contributed by atoms with Crippen molar-refractivity contribution in [2.75, 3.05) is 6.61 Å². The van der Waals surface area contributed by atoms with Crippen LogP contribution in [0, 0.1) is 0 Å². The molecule has 0 bridgehead atoms. The van der Waals surface area contributed by atoms with E-state index in [2.05, 4.69) is 19.1 Å². The summed E-state index contributed by atoms with van der Waals surface area (Å²) < 4.78 is 0. The Balaban J connectivity index is 3.19. The summed E-state index contributed by atoms with van der Waals surface area (Å²) in [4.78, 5) is 12.1. The molecule has 2 nitrogen and oxygen atoms in total. The van der Waals surface area contributed by atoms with Gasteiger partial charge >= 0.3 is 0 Å². The van der Waals surface area contributed by atoms with Gasteiger partial charge in [-0.25, -0.2) is 0 Å². The average Bonchev–Trinajstić information content (AvgIpc) is 2.92. The molecule has 0 rings (SSSR count). The van der Waals surface area contributed by atoms with Crippen LogP contribution < -0.4 is 0 Å². The molecule has 0 unspecified atom stereocenters. The highest BCUT2D eigenvalue weighted by Gasteiger charge is 2.02. The Kier molecular flexibility index (Phi) is 33.8. The molecule has 0 atom stereocenters. The van der Waals surface area contributed by atoms with Gasteiger partial charge in [0.1, 0.15) is 5.78 Å². The van der Waals surface area contributed by atoms with E-state index in [9.17, 15) is 4.79 Å². The zero-order valence-corrected chi connectivity index (χ0v) is 26.1. The number of unbranched alkanes of at least 4 members (excludes halogenated alkanes) is 26. The number of hydrogen-bond donors (Lipinski definition) is 1. The average molecular weight is 535 g/mol. The van der Waals surface area contributed by atoms with Crippen molar-refractivity contribution in [3.63, 3.8) is 0 Å². The van der Waals surface area contributed by atoms with Gasteiger partial charge in [-0.05, 0) is 44.9 Å². The van der Waals surface area contributed by atoms with E-state index >= 15 is 0 Å². The van der Waals surface area contributed by atoms with Crippen LogP contribution in [0.15, 0.2) is 12.2 Å². The topological polar surface area (TPSA) is 37.3 Å². The first-order valence-electron chi connectivity index (χ1n) is 17.6. The lowest BCUT2D eigenvalue weighted by atomic mass is 10.0. The van der Waals surface area contributed by atoms with Gasteiger partial charge in [0.05, 0.1) is 0 Å². The lowest BCUT2D eigenvalue weighted by molar-refractivity contribution is -0.119. The van der Waals surface area contributed by atoms with Crippen molar-refractivity contribution < 1.29 is 9.90 Å². The zero-order chi connectivity index (χ0) is 27.6. The van der Waals surface area contributed by atoms with Gasteiger partial charge in [-0.2, -0.15) is 0 Å². The largest absolute Gasteiger partial charge is 0.396 e. The first-order valence-corrected chi connectivity index (χ1v) is 17.6. The van der Waals surface area contributed by atoms with Gasteiger partial charge in [0.25, 0.3) is 0 Å². The first kappa shape index (κ1) is 37.4. The molecule has 0 heterocycles. The van der Waals surface area contributed by atoms with E-state index in [1.165, 1.54) is 167 Å². The Morgan fingerprint density at radius 3 is 1.05 bits per heavy atom. The summed E-state index contributed by atoms with van der Waals surface area (Å²) in [5.74, 6) is 0.509. The van der Waals surface area contributed by atoms with Crippen LogP contribution in [0.3, 0.4) is 0 Å². The molecule has 0 aliphatic heterocycles. The minimum absolute atomic E-state index is 0.349. The minimum Gasteiger partial charge on any atom is -0.396 e. The molecule has 0 aromatic heterocycles. The predicted molar refractivity (Wildman–Crippen MR) is 170 cm³/mol. The van der Waals surface area contributed by atoms with Crippen LogP contribution in [0.5, 0.6) is 0 Å². The molecule has 0 aliphatic carbocycles. The molecule has 2 heteroatoms. The van der Waals surface area contributed by atoms with Crippen LogP contribution in [-0.4, -0.2) is 17.5 Å². The van der Waals surface area contributed by atoms with Crippen LogP contribution in [0.2, 0.25) is 0 Å². The molecule has 0 amide bonds. The van der Waals surface area contributed by atoms with Crippen LogP contribution >= 0.6 is 0 Å². The number of rotatable bonds is 33. The fraction of sp³-hybridized carbons (Fsp3) is 0.917. The third-order valence-electron chi connectivity index (χ3n) is 8.08. The number of hydrogen-bond acceptors (Lipinski definition) is 2. The number of carbonyl (C=O) groups is 1. The van der Waals surface area contributed by atoms with Gasteiger partial charge in [0.15, 0.2) is 0 Å². The molecule has 0 aromatic rings. The molecule has 226 valence electrons. The normalized spacial score (nSPS) is 11.6. The van der Waals surface area contributed by atoms with Crippen molar-refractivity contribution in [2.45, 2.75) is 206 Å². The third-order valence-corrected chi connectivity index (χ3v) is 8.08. The first-order chi connectivity index (χ1) is 18.8. The molecule has 0 aromatic carbocycles. The maximum Gasteiger partial charge on any atom is 0.132 e. The van der Waals surface area contributed by atoms with Gasteiger partial charge in [0, 0.05) is 19.4 Å². The summed E-state index contributed by atoms with van der Waals surface area (Å²) in [6.45, 7) is 2.64. The van der Waals surface area contributed by atoms with E-state index in [4.69, 9.17) is 5.11 Å². The zero-order valence-electron chi connectivity index (χ0n) is 26.1. The summed E-state index contributed by atoms with van der Waals surface area (Å²) >= 11 is 0. The number of allylic oxidation sites excluding steroid dienone is 2. The Morgan fingerprint density at radius 2 is 0.711 bits per heavy atom. The molecule has 1 N–H and O–H groups in total. The second-order valence-electron chi connectivity index (χ2n) is 12.0. The summed E-state index contributed by atoms with van der Waals surface area (Å²) in [7, 11) is 0. The Labute approximate surface area is 240 Å². The van der Waals surface area contributed by atoms with Crippen molar-refractivity contribution in [3.8, 4) is 0 Å². The lowest BCUT2D eigenvalue weighted by Gasteiger charge is -2.04. The summed E-state index contributed by atoms with van der Waals surface area (Å²) in [5, 5.41) is 8.77. The molecule has 0 aliphatic rings. The van der Waals surface area contributed by atoms with E-state index in [-0.39, 0.29) is 0 Å². The van der Waals surface area contributed by atoms with Gasteiger partial charge in [-0.3, -0.25) is 4.79 Å². The second kappa shape index (κ2) is 34.4. The maximum atomic E-state index is 12.1. The Bertz CT molecular complexity index is 470.